The van der Waals surface area contributed by atoms with E-state index in [1.54, 1.807) is 16.4 Å². The van der Waals surface area contributed by atoms with Crippen LogP contribution in [0, 0.1) is 6.92 Å². The average molecular weight is 381 g/mol. The van der Waals surface area contributed by atoms with Crippen molar-refractivity contribution in [3.05, 3.63) is 72.3 Å². The Kier molecular flexibility index (Phi) is 4.66. The minimum Gasteiger partial charge on any atom is -0.366 e. The highest BCUT2D eigenvalue weighted by molar-refractivity contribution is 7.89. The molecule has 0 N–H and O–H groups in total. The molecule has 0 radical (unpaired) electrons. The summed E-state index contributed by atoms with van der Waals surface area (Å²) in [7, 11) is -3.49. The maximum Gasteiger partial charge on any atom is 0.243 e. The van der Waals surface area contributed by atoms with Gasteiger partial charge in [0.25, 0.3) is 0 Å². The van der Waals surface area contributed by atoms with Gasteiger partial charge in [-0.25, -0.2) is 8.42 Å². The molecule has 0 aromatic heterocycles. The first-order chi connectivity index (χ1) is 12.9. The fourth-order valence-electron chi connectivity index (χ4n) is 3.81. The number of anilines is 1. The molecule has 4 rings (SSSR count). The minimum atomic E-state index is -3.49. The van der Waals surface area contributed by atoms with Gasteiger partial charge in [0.2, 0.25) is 10.0 Å². The molecule has 0 aliphatic carbocycles. The first-order valence-electron chi connectivity index (χ1n) is 9.27. The molecule has 5 heteroatoms. The molecule has 1 atom stereocenters. The topological polar surface area (TPSA) is 40.6 Å². The van der Waals surface area contributed by atoms with E-state index in [-0.39, 0.29) is 6.04 Å². The quantitative estimate of drug-likeness (QED) is 0.688. The lowest BCUT2D eigenvalue weighted by atomic mass is 10.1. The van der Waals surface area contributed by atoms with Gasteiger partial charge in [-0.15, -0.1) is 0 Å². The second-order valence-corrected chi connectivity index (χ2v) is 9.19. The number of rotatable bonds is 3. The SMILES string of the molecule is Cc1cccc(N2CCN(S(=O)(=O)c3ccc4ccccc4c3)CC2C)c1. The molecule has 0 spiro atoms. The van der Waals surface area contributed by atoms with Gasteiger partial charge in [-0.1, -0.05) is 42.5 Å². The van der Waals surface area contributed by atoms with E-state index in [1.165, 1.54) is 5.56 Å². The van der Waals surface area contributed by atoms with Crippen LogP contribution in [-0.4, -0.2) is 38.4 Å². The van der Waals surface area contributed by atoms with E-state index in [0.717, 1.165) is 16.5 Å². The third-order valence-electron chi connectivity index (χ3n) is 5.28. The lowest BCUT2D eigenvalue weighted by Gasteiger charge is -2.40. The molecule has 140 valence electrons. The zero-order chi connectivity index (χ0) is 19.0. The average Bonchev–Trinajstić information content (AvgIpc) is 2.67. The highest BCUT2D eigenvalue weighted by Crippen LogP contribution is 2.26. The van der Waals surface area contributed by atoms with Crippen molar-refractivity contribution in [2.45, 2.75) is 24.8 Å². The molecule has 3 aromatic carbocycles. The summed E-state index contributed by atoms with van der Waals surface area (Å²) >= 11 is 0. The summed E-state index contributed by atoms with van der Waals surface area (Å²) in [5.41, 5.74) is 2.37. The number of sulfonamides is 1. The van der Waals surface area contributed by atoms with Crippen LogP contribution in [0.15, 0.2) is 71.6 Å². The normalized spacial score (nSPS) is 18.7. The van der Waals surface area contributed by atoms with Gasteiger partial charge in [0.15, 0.2) is 0 Å². The number of fused-ring (bicyclic) bond motifs is 1. The molecule has 27 heavy (non-hydrogen) atoms. The van der Waals surface area contributed by atoms with Crippen LogP contribution in [-0.2, 0) is 10.0 Å². The first-order valence-corrected chi connectivity index (χ1v) is 10.7. The van der Waals surface area contributed by atoms with Gasteiger partial charge in [-0.05, 0) is 54.4 Å². The number of aryl methyl sites for hydroxylation is 1. The van der Waals surface area contributed by atoms with Gasteiger partial charge >= 0.3 is 0 Å². The molecule has 1 fully saturated rings. The summed E-state index contributed by atoms with van der Waals surface area (Å²) < 4.78 is 28.0. The predicted octanol–water partition coefficient (Wildman–Crippen LogP) is 4.05. The van der Waals surface area contributed by atoms with E-state index in [9.17, 15) is 8.42 Å². The van der Waals surface area contributed by atoms with E-state index < -0.39 is 10.0 Å². The highest BCUT2D eigenvalue weighted by atomic mass is 32.2. The van der Waals surface area contributed by atoms with Crippen LogP contribution in [0.2, 0.25) is 0 Å². The fourth-order valence-corrected chi connectivity index (χ4v) is 5.36. The number of piperazine rings is 1. The van der Waals surface area contributed by atoms with E-state index in [1.807, 2.05) is 30.3 Å². The lowest BCUT2D eigenvalue weighted by Crippen LogP contribution is -2.53. The molecular weight excluding hydrogens is 356 g/mol. The van der Waals surface area contributed by atoms with Crippen LogP contribution < -0.4 is 4.90 Å². The van der Waals surface area contributed by atoms with Crippen molar-refractivity contribution in [1.82, 2.24) is 4.31 Å². The van der Waals surface area contributed by atoms with Gasteiger partial charge in [0.1, 0.15) is 0 Å². The summed E-state index contributed by atoms with van der Waals surface area (Å²) in [5, 5.41) is 2.00. The third-order valence-corrected chi connectivity index (χ3v) is 7.14. The summed E-state index contributed by atoms with van der Waals surface area (Å²) in [6, 6.07) is 21.7. The van der Waals surface area contributed by atoms with E-state index >= 15 is 0 Å². The molecule has 1 saturated heterocycles. The Morgan fingerprint density at radius 2 is 1.67 bits per heavy atom. The van der Waals surface area contributed by atoms with Gasteiger partial charge < -0.3 is 4.90 Å². The van der Waals surface area contributed by atoms with Crippen LogP contribution in [0.1, 0.15) is 12.5 Å². The molecular formula is C22H24N2O2S. The van der Waals surface area contributed by atoms with Crippen molar-refractivity contribution in [3.63, 3.8) is 0 Å². The molecule has 1 aliphatic heterocycles. The minimum absolute atomic E-state index is 0.121. The summed E-state index contributed by atoms with van der Waals surface area (Å²) in [4.78, 5) is 2.66. The van der Waals surface area contributed by atoms with Gasteiger partial charge in [0, 0.05) is 31.4 Å². The molecule has 3 aromatic rings. The Morgan fingerprint density at radius 1 is 0.889 bits per heavy atom. The van der Waals surface area contributed by atoms with Crippen molar-refractivity contribution in [1.29, 1.82) is 0 Å². The second kappa shape index (κ2) is 6.98. The summed E-state index contributed by atoms with van der Waals surface area (Å²) in [5.74, 6) is 0. The van der Waals surface area contributed by atoms with Gasteiger partial charge in [0.05, 0.1) is 4.90 Å². The molecule has 1 unspecified atom stereocenters. The maximum atomic E-state index is 13.2. The van der Waals surface area contributed by atoms with E-state index in [0.29, 0.717) is 24.5 Å². The fraction of sp³-hybridized carbons (Fsp3) is 0.273. The van der Waals surface area contributed by atoms with Gasteiger partial charge in [-0.2, -0.15) is 4.31 Å². The zero-order valence-electron chi connectivity index (χ0n) is 15.7. The van der Waals surface area contributed by atoms with Crippen molar-refractivity contribution < 1.29 is 8.42 Å². The van der Waals surface area contributed by atoms with E-state index in [2.05, 4.69) is 43.0 Å². The lowest BCUT2D eigenvalue weighted by molar-refractivity contribution is 0.342. The van der Waals surface area contributed by atoms with Crippen molar-refractivity contribution >= 4 is 26.5 Å². The molecule has 4 nitrogen and oxygen atoms in total. The van der Waals surface area contributed by atoms with Gasteiger partial charge in [-0.3, -0.25) is 0 Å². The van der Waals surface area contributed by atoms with E-state index in [4.69, 9.17) is 0 Å². The van der Waals surface area contributed by atoms with Crippen molar-refractivity contribution in [2.75, 3.05) is 24.5 Å². The second-order valence-electron chi connectivity index (χ2n) is 7.25. The predicted molar refractivity (Wildman–Crippen MR) is 111 cm³/mol. The van der Waals surface area contributed by atoms with Crippen LogP contribution in [0.5, 0.6) is 0 Å². The van der Waals surface area contributed by atoms with Crippen LogP contribution in [0.3, 0.4) is 0 Å². The standard InChI is InChI=1S/C22H24N2O2S/c1-17-6-5-9-21(14-17)24-13-12-23(16-18(24)2)27(25,26)22-11-10-19-7-3-4-8-20(19)15-22/h3-11,14-15,18H,12-13,16H2,1-2H3. The Bertz CT molecular complexity index is 1080. The Hall–Kier alpha value is -2.37. The Morgan fingerprint density at radius 3 is 2.41 bits per heavy atom. The molecule has 1 heterocycles. The Labute approximate surface area is 161 Å². The van der Waals surface area contributed by atoms with Crippen LogP contribution >= 0.6 is 0 Å². The largest absolute Gasteiger partial charge is 0.366 e. The molecule has 1 aliphatic rings. The summed E-state index contributed by atoms with van der Waals surface area (Å²) in [6.45, 7) is 5.84. The molecule has 0 bridgehead atoms. The maximum absolute atomic E-state index is 13.2. The number of hydrogen-bond donors (Lipinski definition) is 0. The molecule has 0 saturated carbocycles. The number of nitrogens with zero attached hydrogens (tertiary/aromatic N) is 2. The zero-order valence-corrected chi connectivity index (χ0v) is 16.5. The molecule has 0 amide bonds. The van der Waals surface area contributed by atoms with Crippen LogP contribution in [0.4, 0.5) is 5.69 Å². The third kappa shape index (κ3) is 3.45. The van der Waals surface area contributed by atoms with Crippen LogP contribution in [0.25, 0.3) is 10.8 Å². The highest BCUT2D eigenvalue weighted by Gasteiger charge is 2.32. The Balaban J connectivity index is 1.58. The number of hydrogen-bond acceptors (Lipinski definition) is 3. The van der Waals surface area contributed by atoms with Crippen molar-refractivity contribution in [3.8, 4) is 0 Å². The van der Waals surface area contributed by atoms with Crippen molar-refractivity contribution in [2.24, 2.45) is 0 Å². The first kappa shape index (κ1) is 18.0. The smallest absolute Gasteiger partial charge is 0.243 e. The summed E-state index contributed by atoms with van der Waals surface area (Å²) in [6.07, 6.45) is 0. The monoisotopic (exact) mass is 380 g/mol. The number of benzene rings is 3.